The van der Waals surface area contributed by atoms with Gasteiger partial charge in [-0.05, 0) is 55.2 Å². The Kier molecular flexibility index (Phi) is 6.16. The monoisotopic (exact) mass is 448 g/mol. The van der Waals surface area contributed by atoms with E-state index in [-0.39, 0.29) is 28.4 Å². The summed E-state index contributed by atoms with van der Waals surface area (Å²) in [6.07, 6.45) is 0.598. The molecule has 0 N–H and O–H groups in total. The van der Waals surface area contributed by atoms with Crippen molar-refractivity contribution in [3.05, 3.63) is 69.8 Å². The quantitative estimate of drug-likeness (QED) is 0.393. The van der Waals surface area contributed by atoms with Crippen molar-refractivity contribution in [2.75, 3.05) is 13.2 Å². The number of piperidine rings is 1. The highest BCUT2D eigenvalue weighted by atomic mass is 19.4. The summed E-state index contributed by atoms with van der Waals surface area (Å²) in [6, 6.07) is 12.9. The molecule has 2 aromatic rings. The fourth-order valence-corrected chi connectivity index (χ4v) is 5.50. The summed E-state index contributed by atoms with van der Waals surface area (Å²) in [5.74, 6) is -0.118. The van der Waals surface area contributed by atoms with E-state index in [9.17, 15) is 23.3 Å². The van der Waals surface area contributed by atoms with Crippen LogP contribution >= 0.6 is 0 Å². The van der Waals surface area contributed by atoms with Crippen LogP contribution in [0.3, 0.4) is 0 Å². The van der Waals surface area contributed by atoms with Gasteiger partial charge < -0.3 is 4.74 Å². The number of non-ortho nitro benzene ring substituents is 1. The van der Waals surface area contributed by atoms with Gasteiger partial charge in [-0.1, -0.05) is 31.2 Å². The Labute approximate surface area is 185 Å². The molecule has 0 amide bonds. The fraction of sp³-hybridized carbons (Fsp3) is 0.500. The maximum atomic E-state index is 13.2. The van der Waals surface area contributed by atoms with Crippen LogP contribution in [0.15, 0.2) is 48.5 Å². The van der Waals surface area contributed by atoms with Gasteiger partial charge in [-0.15, -0.1) is 0 Å². The first-order chi connectivity index (χ1) is 15.1. The van der Waals surface area contributed by atoms with Crippen molar-refractivity contribution in [1.82, 2.24) is 4.90 Å². The van der Waals surface area contributed by atoms with Gasteiger partial charge in [-0.2, -0.15) is 13.2 Å². The lowest BCUT2D eigenvalue weighted by molar-refractivity contribution is -0.384. The largest absolute Gasteiger partial charge is 0.492 e. The first-order valence-electron chi connectivity index (χ1n) is 10.9. The van der Waals surface area contributed by atoms with Crippen LogP contribution in [0.25, 0.3) is 0 Å². The van der Waals surface area contributed by atoms with E-state index in [0.717, 1.165) is 43.7 Å². The lowest BCUT2D eigenvalue weighted by atomic mass is 9.72. The second-order valence-corrected chi connectivity index (χ2v) is 9.28. The number of halogens is 3. The smallest absolute Gasteiger partial charge is 0.419 e. The maximum absolute atomic E-state index is 13.2. The van der Waals surface area contributed by atoms with E-state index < -0.39 is 11.7 Å². The molecule has 3 atom stereocenters. The van der Waals surface area contributed by atoms with Crippen molar-refractivity contribution in [2.45, 2.75) is 57.3 Å². The normalized spacial score (nSPS) is 25.6. The van der Waals surface area contributed by atoms with E-state index in [4.69, 9.17) is 4.74 Å². The standard InChI is InChI=1S/C24H27F3N2O3/c1-23(14-17-6-8-18(9-7-17)29(30)31)15-19-10-11-20(16-23)28(19)12-13-32-22-5-3-2-4-21(22)24(25,26)27/h2-9,19-20H,10-16H2,1H3/t19-,20+,23-. The molecular weight excluding hydrogens is 421 g/mol. The van der Waals surface area contributed by atoms with Gasteiger partial charge in [0.2, 0.25) is 0 Å². The van der Waals surface area contributed by atoms with Crippen LogP contribution in [0, 0.1) is 15.5 Å². The van der Waals surface area contributed by atoms with Crippen LogP contribution in [0.5, 0.6) is 5.75 Å². The molecule has 0 saturated carbocycles. The molecular formula is C24H27F3N2O3. The van der Waals surface area contributed by atoms with Gasteiger partial charge in [-0.3, -0.25) is 15.0 Å². The number of hydrogen-bond acceptors (Lipinski definition) is 4. The van der Waals surface area contributed by atoms with Gasteiger partial charge in [-0.25, -0.2) is 0 Å². The van der Waals surface area contributed by atoms with Crippen LogP contribution < -0.4 is 4.74 Å². The average Bonchev–Trinajstić information content (AvgIpc) is 2.98. The number of ether oxygens (including phenoxy) is 1. The summed E-state index contributed by atoms with van der Waals surface area (Å²) < 4.78 is 45.1. The number of para-hydroxylation sites is 1. The summed E-state index contributed by atoms with van der Waals surface area (Å²) in [7, 11) is 0. The van der Waals surface area contributed by atoms with Crippen LogP contribution in [0.2, 0.25) is 0 Å². The minimum absolute atomic E-state index is 0.0980. The zero-order valence-electron chi connectivity index (χ0n) is 18.0. The molecule has 2 fully saturated rings. The van der Waals surface area contributed by atoms with Crippen molar-refractivity contribution in [1.29, 1.82) is 0 Å². The first kappa shape index (κ1) is 22.6. The van der Waals surface area contributed by atoms with Crippen molar-refractivity contribution in [2.24, 2.45) is 5.41 Å². The summed E-state index contributed by atoms with van der Waals surface area (Å²) in [5, 5.41) is 10.9. The van der Waals surface area contributed by atoms with Crippen LogP contribution in [-0.2, 0) is 12.6 Å². The van der Waals surface area contributed by atoms with Crippen molar-refractivity contribution in [3.8, 4) is 5.75 Å². The molecule has 2 bridgehead atoms. The summed E-state index contributed by atoms with van der Waals surface area (Å²) in [5.41, 5.74) is 0.554. The molecule has 0 radical (unpaired) electrons. The molecule has 2 heterocycles. The second kappa shape index (κ2) is 8.73. The molecule has 2 saturated heterocycles. The molecule has 172 valence electrons. The zero-order valence-corrected chi connectivity index (χ0v) is 18.0. The molecule has 0 aromatic heterocycles. The minimum atomic E-state index is -4.43. The number of nitro groups is 1. The minimum Gasteiger partial charge on any atom is -0.492 e. The van der Waals surface area contributed by atoms with Gasteiger partial charge in [0.25, 0.3) is 5.69 Å². The predicted molar refractivity (Wildman–Crippen MR) is 115 cm³/mol. The van der Waals surface area contributed by atoms with Crippen LogP contribution in [0.1, 0.15) is 43.7 Å². The number of rotatable bonds is 7. The van der Waals surface area contributed by atoms with E-state index in [1.165, 1.54) is 12.1 Å². The number of benzene rings is 2. The maximum Gasteiger partial charge on any atom is 0.419 e. The molecule has 2 aliphatic rings. The number of nitro benzene ring substituents is 1. The first-order valence-corrected chi connectivity index (χ1v) is 10.9. The molecule has 2 aliphatic heterocycles. The van der Waals surface area contributed by atoms with E-state index in [1.54, 1.807) is 18.2 Å². The van der Waals surface area contributed by atoms with Crippen molar-refractivity contribution >= 4 is 5.69 Å². The van der Waals surface area contributed by atoms with Gasteiger partial charge in [0.1, 0.15) is 12.4 Å². The highest BCUT2D eigenvalue weighted by Crippen LogP contribution is 2.47. The van der Waals surface area contributed by atoms with Gasteiger partial charge in [0, 0.05) is 30.8 Å². The van der Waals surface area contributed by atoms with E-state index in [0.29, 0.717) is 18.6 Å². The highest BCUT2D eigenvalue weighted by Gasteiger charge is 2.45. The molecule has 32 heavy (non-hydrogen) atoms. The number of fused-ring (bicyclic) bond motifs is 2. The third-order valence-corrected chi connectivity index (χ3v) is 6.81. The Bertz CT molecular complexity index is 948. The Morgan fingerprint density at radius 3 is 2.31 bits per heavy atom. The molecule has 4 rings (SSSR count). The summed E-state index contributed by atoms with van der Waals surface area (Å²) in [4.78, 5) is 12.9. The third kappa shape index (κ3) is 4.90. The van der Waals surface area contributed by atoms with Crippen molar-refractivity contribution in [3.63, 3.8) is 0 Å². The molecule has 8 heteroatoms. The molecule has 5 nitrogen and oxygen atoms in total. The van der Waals surface area contributed by atoms with E-state index in [2.05, 4.69) is 11.8 Å². The molecule has 0 aliphatic carbocycles. The second-order valence-electron chi connectivity index (χ2n) is 9.28. The molecule has 0 unspecified atom stereocenters. The topological polar surface area (TPSA) is 55.6 Å². The number of hydrogen-bond donors (Lipinski definition) is 0. The van der Waals surface area contributed by atoms with Crippen LogP contribution in [-0.4, -0.2) is 35.1 Å². The zero-order chi connectivity index (χ0) is 22.9. The predicted octanol–water partition coefficient (Wildman–Crippen LogP) is 5.87. The lowest BCUT2D eigenvalue weighted by Gasteiger charge is -2.45. The summed E-state index contributed by atoms with van der Waals surface area (Å²) >= 11 is 0. The lowest BCUT2D eigenvalue weighted by Crippen LogP contribution is -2.48. The van der Waals surface area contributed by atoms with E-state index in [1.807, 2.05) is 12.1 Å². The third-order valence-electron chi connectivity index (χ3n) is 6.81. The highest BCUT2D eigenvalue weighted by molar-refractivity contribution is 5.35. The van der Waals surface area contributed by atoms with Gasteiger partial charge >= 0.3 is 6.18 Å². The van der Waals surface area contributed by atoms with Gasteiger partial charge in [0.05, 0.1) is 10.5 Å². The molecule has 2 aromatic carbocycles. The summed E-state index contributed by atoms with van der Waals surface area (Å²) in [6.45, 7) is 3.10. The van der Waals surface area contributed by atoms with Gasteiger partial charge in [0.15, 0.2) is 0 Å². The molecule has 0 spiro atoms. The Morgan fingerprint density at radius 1 is 1.09 bits per heavy atom. The van der Waals surface area contributed by atoms with Crippen molar-refractivity contribution < 1.29 is 22.8 Å². The van der Waals surface area contributed by atoms with E-state index >= 15 is 0 Å². The SMILES string of the molecule is C[C@@]1(Cc2ccc([N+](=O)[O-])cc2)C[C@H]2CC[C@@H](C1)N2CCOc1ccccc1C(F)(F)F. The Hall–Kier alpha value is -2.61. The van der Waals surface area contributed by atoms with Crippen LogP contribution in [0.4, 0.5) is 18.9 Å². The number of alkyl halides is 3. The number of nitrogens with zero attached hydrogens (tertiary/aromatic N) is 2. The fourth-order valence-electron chi connectivity index (χ4n) is 5.50. The Balaban J connectivity index is 1.35. The average molecular weight is 448 g/mol. The Morgan fingerprint density at radius 2 is 1.72 bits per heavy atom.